The molecule has 1 heterocycles. The van der Waals surface area contributed by atoms with Gasteiger partial charge in [0.25, 0.3) is 5.91 Å². The van der Waals surface area contributed by atoms with E-state index in [2.05, 4.69) is 10.5 Å². The predicted octanol–water partition coefficient (Wildman–Crippen LogP) is 5.54. The Balaban J connectivity index is 1.75. The van der Waals surface area contributed by atoms with Crippen LogP contribution < -0.4 is 5.32 Å². The lowest BCUT2D eigenvalue weighted by Crippen LogP contribution is -2.21. The number of anilines is 1. The van der Waals surface area contributed by atoms with Gasteiger partial charge in [0.15, 0.2) is 6.61 Å². The Hall–Kier alpha value is -2.61. The van der Waals surface area contributed by atoms with Crippen molar-refractivity contribution in [1.82, 2.24) is 5.16 Å². The average molecular weight is 458 g/mol. The molecule has 0 saturated carbocycles. The van der Waals surface area contributed by atoms with Gasteiger partial charge in [-0.15, -0.1) is 0 Å². The molecular formula is C19H12Cl3FN2O4. The summed E-state index contributed by atoms with van der Waals surface area (Å²) in [6.07, 6.45) is 0. The molecule has 0 unspecified atom stereocenters. The normalized spacial score (nSPS) is 10.7. The minimum atomic E-state index is -0.921. The van der Waals surface area contributed by atoms with E-state index in [1.165, 1.54) is 37.3 Å². The molecule has 0 aliphatic carbocycles. The first-order chi connectivity index (χ1) is 13.8. The van der Waals surface area contributed by atoms with Crippen molar-refractivity contribution in [3.05, 3.63) is 68.6 Å². The van der Waals surface area contributed by atoms with E-state index in [0.29, 0.717) is 10.7 Å². The molecule has 0 spiro atoms. The number of amides is 1. The average Bonchev–Trinajstić information content (AvgIpc) is 3.03. The first-order valence-corrected chi connectivity index (χ1v) is 9.24. The van der Waals surface area contributed by atoms with Crippen LogP contribution in [-0.2, 0) is 9.53 Å². The minimum absolute atomic E-state index is 0.0440. The molecule has 150 valence electrons. The van der Waals surface area contributed by atoms with E-state index in [-0.39, 0.29) is 32.6 Å². The number of carbonyl (C=O) groups is 2. The van der Waals surface area contributed by atoms with Crippen molar-refractivity contribution >= 4 is 52.4 Å². The number of halogens is 4. The SMILES string of the molecule is Cc1onc(-c2c(F)cccc2Cl)c1C(=O)OCC(=O)Nc1ccc(Cl)cc1Cl. The highest BCUT2D eigenvalue weighted by Crippen LogP contribution is 2.33. The third-order valence-corrected chi connectivity index (χ3v) is 4.67. The number of nitrogens with one attached hydrogen (secondary N) is 1. The summed E-state index contributed by atoms with van der Waals surface area (Å²) in [5.74, 6) is -2.15. The van der Waals surface area contributed by atoms with E-state index in [9.17, 15) is 14.0 Å². The quantitative estimate of drug-likeness (QED) is 0.508. The monoisotopic (exact) mass is 456 g/mol. The summed E-state index contributed by atoms with van der Waals surface area (Å²) < 4.78 is 24.2. The van der Waals surface area contributed by atoms with E-state index in [4.69, 9.17) is 44.1 Å². The van der Waals surface area contributed by atoms with Crippen molar-refractivity contribution in [2.75, 3.05) is 11.9 Å². The molecule has 0 saturated heterocycles. The molecule has 0 aliphatic heterocycles. The molecule has 1 amide bonds. The van der Waals surface area contributed by atoms with Crippen LogP contribution in [0.4, 0.5) is 10.1 Å². The van der Waals surface area contributed by atoms with E-state index in [1.807, 2.05) is 0 Å². The van der Waals surface area contributed by atoms with Gasteiger partial charge in [0, 0.05) is 5.02 Å². The second-order valence-electron chi connectivity index (χ2n) is 5.81. The van der Waals surface area contributed by atoms with Crippen LogP contribution in [-0.4, -0.2) is 23.6 Å². The molecule has 3 rings (SSSR count). The number of esters is 1. The first kappa shape index (κ1) is 21.1. The van der Waals surface area contributed by atoms with Crippen LogP contribution in [0.15, 0.2) is 40.9 Å². The van der Waals surface area contributed by atoms with E-state index < -0.39 is 24.3 Å². The van der Waals surface area contributed by atoms with Crippen LogP contribution in [0.3, 0.4) is 0 Å². The fraction of sp³-hybridized carbons (Fsp3) is 0.105. The molecular weight excluding hydrogens is 446 g/mol. The van der Waals surface area contributed by atoms with Gasteiger partial charge < -0.3 is 14.6 Å². The summed E-state index contributed by atoms with van der Waals surface area (Å²) in [7, 11) is 0. The number of aryl methyl sites for hydroxylation is 1. The fourth-order valence-corrected chi connectivity index (χ4v) is 3.20. The molecule has 29 heavy (non-hydrogen) atoms. The number of hydrogen-bond donors (Lipinski definition) is 1. The molecule has 1 N–H and O–H groups in total. The van der Waals surface area contributed by atoms with E-state index in [0.717, 1.165) is 0 Å². The molecule has 3 aromatic rings. The first-order valence-electron chi connectivity index (χ1n) is 8.10. The molecule has 0 fully saturated rings. The smallest absolute Gasteiger partial charge is 0.344 e. The Kier molecular flexibility index (Phi) is 6.42. The lowest BCUT2D eigenvalue weighted by molar-refractivity contribution is -0.119. The van der Waals surface area contributed by atoms with Crippen molar-refractivity contribution in [2.24, 2.45) is 0 Å². The van der Waals surface area contributed by atoms with Gasteiger partial charge in [-0.2, -0.15) is 0 Å². The summed E-state index contributed by atoms with van der Waals surface area (Å²) in [4.78, 5) is 24.6. The van der Waals surface area contributed by atoms with Crippen LogP contribution in [0.5, 0.6) is 0 Å². The second-order valence-corrected chi connectivity index (χ2v) is 7.06. The van der Waals surface area contributed by atoms with Gasteiger partial charge in [-0.3, -0.25) is 4.79 Å². The van der Waals surface area contributed by atoms with Crippen LogP contribution >= 0.6 is 34.8 Å². The molecule has 10 heteroatoms. The van der Waals surface area contributed by atoms with Crippen molar-refractivity contribution in [2.45, 2.75) is 6.92 Å². The lowest BCUT2D eigenvalue weighted by Gasteiger charge is -2.09. The maximum atomic E-state index is 14.2. The topological polar surface area (TPSA) is 81.4 Å². The number of hydrogen-bond acceptors (Lipinski definition) is 5. The Labute approximate surface area is 179 Å². The molecule has 6 nitrogen and oxygen atoms in total. The number of rotatable bonds is 5. The zero-order chi connectivity index (χ0) is 21.1. The van der Waals surface area contributed by atoms with Gasteiger partial charge >= 0.3 is 5.97 Å². The molecule has 1 aromatic heterocycles. The van der Waals surface area contributed by atoms with E-state index in [1.54, 1.807) is 6.07 Å². The number of aromatic nitrogens is 1. The van der Waals surface area contributed by atoms with Gasteiger partial charge in [0.1, 0.15) is 22.8 Å². The molecule has 2 aromatic carbocycles. The highest BCUT2D eigenvalue weighted by Gasteiger charge is 2.27. The van der Waals surface area contributed by atoms with Crippen molar-refractivity contribution in [3.8, 4) is 11.3 Å². The summed E-state index contributed by atoms with van der Waals surface area (Å²) >= 11 is 17.8. The lowest BCUT2D eigenvalue weighted by atomic mass is 10.1. The van der Waals surface area contributed by atoms with Gasteiger partial charge in [0.2, 0.25) is 0 Å². The highest BCUT2D eigenvalue weighted by molar-refractivity contribution is 6.36. The zero-order valence-electron chi connectivity index (χ0n) is 14.8. The fourth-order valence-electron chi connectivity index (χ4n) is 2.49. The third kappa shape index (κ3) is 4.70. The Morgan fingerprint density at radius 2 is 1.93 bits per heavy atom. The van der Waals surface area contributed by atoms with Gasteiger partial charge in [0.05, 0.1) is 21.3 Å². The maximum absolute atomic E-state index is 14.2. The van der Waals surface area contributed by atoms with Crippen molar-refractivity contribution in [3.63, 3.8) is 0 Å². The number of carbonyl (C=O) groups excluding carboxylic acids is 2. The Morgan fingerprint density at radius 1 is 1.17 bits per heavy atom. The zero-order valence-corrected chi connectivity index (χ0v) is 17.0. The standard InChI is InChI=1S/C19H12Cl3FN2O4/c1-9-16(18(25-29-9)17-11(21)3-2-4-13(17)23)19(27)28-8-15(26)24-14-6-5-10(20)7-12(14)22/h2-7H,8H2,1H3,(H,24,26). The van der Waals surface area contributed by atoms with Gasteiger partial charge in [-0.25, -0.2) is 9.18 Å². The van der Waals surface area contributed by atoms with Crippen LogP contribution in [0.1, 0.15) is 16.1 Å². The molecule has 0 radical (unpaired) electrons. The van der Waals surface area contributed by atoms with Crippen LogP contribution in [0.25, 0.3) is 11.3 Å². The van der Waals surface area contributed by atoms with Crippen molar-refractivity contribution < 1.29 is 23.2 Å². The van der Waals surface area contributed by atoms with Gasteiger partial charge in [-0.1, -0.05) is 46.0 Å². The second kappa shape index (κ2) is 8.82. The predicted molar refractivity (Wildman–Crippen MR) is 107 cm³/mol. The number of nitrogens with zero attached hydrogens (tertiary/aromatic N) is 1. The Bertz CT molecular complexity index is 1080. The summed E-state index contributed by atoms with van der Waals surface area (Å²) in [6.45, 7) is 0.836. The molecule has 0 aliphatic rings. The summed E-state index contributed by atoms with van der Waals surface area (Å²) in [6, 6.07) is 8.53. The van der Waals surface area contributed by atoms with Crippen molar-refractivity contribution in [1.29, 1.82) is 0 Å². The van der Waals surface area contributed by atoms with Crippen LogP contribution in [0.2, 0.25) is 15.1 Å². The Morgan fingerprint density at radius 3 is 2.62 bits per heavy atom. The number of benzene rings is 2. The molecule has 0 bridgehead atoms. The summed E-state index contributed by atoms with van der Waals surface area (Å²) in [5, 5.41) is 6.88. The van der Waals surface area contributed by atoms with E-state index >= 15 is 0 Å². The molecule has 0 atom stereocenters. The maximum Gasteiger partial charge on any atom is 0.344 e. The highest BCUT2D eigenvalue weighted by atomic mass is 35.5. The minimum Gasteiger partial charge on any atom is -0.452 e. The summed E-state index contributed by atoms with van der Waals surface area (Å²) in [5.41, 5.74) is -0.0430. The third-order valence-electron chi connectivity index (χ3n) is 3.81. The van der Waals surface area contributed by atoms with Crippen LogP contribution in [0, 0.1) is 12.7 Å². The van der Waals surface area contributed by atoms with Gasteiger partial charge in [-0.05, 0) is 37.3 Å². The largest absolute Gasteiger partial charge is 0.452 e. The number of ether oxygens (including phenoxy) is 1.